The first-order chi connectivity index (χ1) is 33.6. The molecule has 0 fully saturated rings. The van der Waals surface area contributed by atoms with Gasteiger partial charge in [-0.3, -0.25) is 0 Å². The molecule has 0 atom stereocenters. The lowest BCUT2D eigenvalue weighted by Gasteiger charge is -2.41. The van der Waals surface area contributed by atoms with Crippen LogP contribution in [0.4, 0.5) is 0 Å². The van der Waals surface area contributed by atoms with Gasteiger partial charge in [-0.25, -0.2) is 15.0 Å². The minimum absolute atomic E-state index is 0.537. The van der Waals surface area contributed by atoms with Gasteiger partial charge in [-0.2, -0.15) is 5.26 Å². The topological polar surface area (TPSA) is 71.7 Å². The highest BCUT2D eigenvalue weighted by molar-refractivity contribution is 6.18. The molecule has 5 heteroatoms. The molecule has 11 aromatic rings. The van der Waals surface area contributed by atoms with Crippen molar-refractivity contribution >= 4 is 10.8 Å². The molecular formula is C63H38N4O. The molecule has 68 heavy (non-hydrogen) atoms. The predicted octanol–water partition coefficient (Wildman–Crippen LogP) is 15.4. The third-order valence-corrected chi connectivity index (χ3v) is 13.7. The van der Waals surface area contributed by atoms with E-state index in [0.717, 1.165) is 67.0 Å². The van der Waals surface area contributed by atoms with Gasteiger partial charge in [0.05, 0.1) is 17.0 Å². The van der Waals surface area contributed by atoms with Crippen LogP contribution < -0.4 is 4.74 Å². The van der Waals surface area contributed by atoms with Gasteiger partial charge in [0.1, 0.15) is 11.5 Å². The molecule has 0 unspecified atom stereocenters. The van der Waals surface area contributed by atoms with Gasteiger partial charge in [-0.15, -0.1) is 0 Å². The van der Waals surface area contributed by atoms with E-state index in [1.54, 1.807) is 12.1 Å². The van der Waals surface area contributed by atoms with Gasteiger partial charge in [0.25, 0.3) is 0 Å². The van der Waals surface area contributed by atoms with Crippen LogP contribution in [0.5, 0.6) is 11.5 Å². The Morgan fingerprint density at radius 3 is 1.54 bits per heavy atom. The molecule has 1 aliphatic heterocycles. The number of aromatic nitrogens is 3. The Kier molecular flexibility index (Phi) is 9.06. The Bertz CT molecular complexity index is 3770. The van der Waals surface area contributed by atoms with Crippen LogP contribution in [0.15, 0.2) is 231 Å². The monoisotopic (exact) mass is 866 g/mol. The first kappa shape index (κ1) is 39.2. The Balaban J connectivity index is 0.927. The largest absolute Gasteiger partial charge is 0.457 e. The summed E-state index contributed by atoms with van der Waals surface area (Å²) in [6, 6.07) is 82.8. The number of para-hydroxylation sites is 1. The molecule has 0 radical (unpaired) electrons. The van der Waals surface area contributed by atoms with E-state index in [-0.39, 0.29) is 0 Å². The molecule has 2 heterocycles. The fraction of sp³-hybridized carbons (Fsp3) is 0.0159. The first-order valence-corrected chi connectivity index (χ1v) is 22.8. The lowest BCUT2D eigenvalue weighted by atomic mass is 9.63. The maximum atomic E-state index is 9.59. The summed E-state index contributed by atoms with van der Waals surface area (Å²) >= 11 is 0. The summed E-state index contributed by atoms with van der Waals surface area (Å²) in [5, 5.41) is 11.9. The average Bonchev–Trinajstić information content (AvgIpc) is 3.75. The number of hydrogen-bond acceptors (Lipinski definition) is 5. The van der Waals surface area contributed by atoms with Gasteiger partial charge in [0.2, 0.25) is 0 Å². The van der Waals surface area contributed by atoms with Crippen molar-refractivity contribution in [3.05, 3.63) is 258 Å². The van der Waals surface area contributed by atoms with E-state index in [9.17, 15) is 5.26 Å². The molecule has 13 rings (SSSR count). The van der Waals surface area contributed by atoms with E-state index >= 15 is 0 Å². The normalized spacial score (nSPS) is 12.6. The molecule has 0 saturated carbocycles. The first-order valence-electron chi connectivity index (χ1n) is 22.8. The minimum atomic E-state index is -0.619. The summed E-state index contributed by atoms with van der Waals surface area (Å²) in [6.45, 7) is 0. The molecule has 0 amide bonds. The Morgan fingerprint density at radius 1 is 0.353 bits per heavy atom. The van der Waals surface area contributed by atoms with Crippen molar-refractivity contribution in [2.45, 2.75) is 5.41 Å². The van der Waals surface area contributed by atoms with Crippen LogP contribution in [0.2, 0.25) is 0 Å². The number of nitriles is 1. The molecule has 2 aliphatic rings. The second-order valence-electron chi connectivity index (χ2n) is 17.4. The van der Waals surface area contributed by atoms with E-state index < -0.39 is 5.41 Å². The number of hydrogen-bond donors (Lipinski definition) is 0. The minimum Gasteiger partial charge on any atom is -0.457 e. The Morgan fingerprint density at radius 2 is 0.853 bits per heavy atom. The van der Waals surface area contributed by atoms with E-state index in [0.29, 0.717) is 23.0 Å². The molecule has 1 aromatic heterocycles. The molecule has 10 aromatic carbocycles. The van der Waals surface area contributed by atoms with Gasteiger partial charge in [0, 0.05) is 27.8 Å². The molecule has 0 saturated heterocycles. The smallest absolute Gasteiger partial charge is 0.164 e. The standard InChI is InChI=1S/C63H38N4O/c64-39-40-28-30-41(31-29-40)60-65-61(67-62(66-60)54-34-33-53-50-23-8-7-22-49(50)51-24-13-25-52(54)59(51)53)46-17-12-16-44(37-46)42-14-11-15-43(36-42)45-32-35-58-56(38-45)63(47-18-3-1-4-19-47,48-20-5-2-6-21-48)55-26-9-10-27-57(55)68-58/h1-38H. The van der Waals surface area contributed by atoms with Crippen LogP contribution in [0.3, 0.4) is 0 Å². The highest BCUT2D eigenvalue weighted by Gasteiger charge is 2.45. The molecule has 316 valence electrons. The number of nitrogens with zero attached hydrogens (tertiary/aromatic N) is 4. The van der Waals surface area contributed by atoms with Gasteiger partial charge in [0.15, 0.2) is 17.5 Å². The lowest BCUT2D eigenvalue weighted by Crippen LogP contribution is -2.34. The number of ether oxygens (including phenoxy) is 1. The summed E-state index contributed by atoms with van der Waals surface area (Å²) in [4.78, 5) is 15.5. The summed E-state index contributed by atoms with van der Waals surface area (Å²) in [6.07, 6.45) is 0. The van der Waals surface area contributed by atoms with Crippen LogP contribution in [0.1, 0.15) is 27.8 Å². The highest BCUT2D eigenvalue weighted by atomic mass is 16.5. The zero-order chi connectivity index (χ0) is 45.2. The summed E-state index contributed by atoms with van der Waals surface area (Å²) < 4.78 is 6.72. The van der Waals surface area contributed by atoms with Gasteiger partial charge >= 0.3 is 0 Å². The van der Waals surface area contributed by atoms with Gasteiger partial charge in [-0.1, -0.05) is 170 Å². The fourth-order valence-electron chi connectivity index (χ4n) is 10.6. The average molecular weight is 867 g/mol. The fourth-order valence-corrected chi connectivity index (χ4v) is 10.6. The van der Waals surface area contributed by atoms with E-state index in [4.69, 9.17) is 19.7 Å². The maximum Gasteiger partial charge on any atom is 0.164 e. The number of benzene rings is 10. The molecule has 0 spiro atoms. The quantitative estimate of drug-likeness (QED) is 0.160. The zero-order valence-electron chi connectivity index (χ0n) is 36.6. The van der Waals surface area contributed by atoms with E-state index in [1.165, 1.54) is 38.8 Å². The van der Waals surface area contributed by atoms with Gasteiger partial charge < -0.3 is 4.74 Å². The van der Waals surface area contributed by atoms with Crippen molar-refractivity contribution in [3.63, 3.8) is 0 Å². The predicted molar refractivity (Wildman–Crippen MR) is 272 cm³/mol. The van der Waals surface area contributed by atoms with Crippen molar-refractivity contribution in [2.24, 2.45) is 0 Å². The van der Waals surface area contributed by atoms with E-state index in [2.05, 4.69) is 206 Å². The lowest BCUT2D eigenvalue weighted by molar-refractivity contribution is 0.434. The number of rotatable bonds is 7. The molecule has 1 aliphatic carbocycles. The summed E-state index contributed by atoms with van der Waals surface area (Å²) in [5.41, 5.74) is 16.3. The van der Waals surface area contributed by atoms with Crippen molar-refractivity contribution in [1.82, 2.24) is 15.0 Å². The maximum absolute atomic E-state index is 9.59. The molecular weight excluding hydrogens is 829 g/mol. The van der Waals surface area contributed by atoms with Crippen molar-refractivity contribution in [1.29, 1.82) is 5.26 Å². The van der Waals surface area contributed by atoms with Crippen LogP contribution in [-0.4, -0.2) is 15.0 Å². The molecule has 5 nitrogen and oxygen atoms in total. The van der Waals surface area contributed by atoms with Gasteiger partial charge in [-0.05, 0) is 127 Å². The van der Waals surface area contributed by atoms with Crippen LogP contribution in [0, 0.1) is 11.3 Å². The van der Waals surface area contributed by atoms with Crippen molar-refractivity contribution < 1.29 is 4.74 Å². The highest BCUT2D eigenvalue weighted by Crippen LogP contribution is 2.56. The van der Waals surface area contributed by atoms with Crippen LogP contribution in [0.25, 0.3) is 89.4 Å². The SMILES string of the molecule is N#Cc1ccc(-c2nc(-c3cccc(-c4cccc(-c5ccc6c(c5)C(c5ccccc5)(c5ccccc5)c5ccccc5O6)c4)c3)nc(-c3ccc4c5c(cccc35)-c3ccccc3-4)n2)cc1. The van der Waals surface area contributed by atoms with E-state index in [1.807, 2.05) is 18.2 Å². The summed E-state index contributed by atoms with van der Waals surface area (Å²) in [7, 11) is 0. The third kappa shape index (κ3) is 6.20. The third-order valence-electron chi connectivity index (χ3n) is 13.7. The zero-order valence-corrected chi connectivity index (χ0v) is 36.6. The Hall–Kier alpha value is -9.24. The summed E-state index contributed by atoms with van der Waals surface area (Å²) in [5.74, 6) is 3.38. The van der Waals surface area contributed by atoms with Crippen LogP contribution in [-0.2, 0) is 5.41 Å². The van der Waals surface area contributed by atoms with Crippen molar-refractivity contribution in [3.8, 4) is 96.2 Å². The molecule has 0 N–H and O–H groups in total. The number of fused-ring (bicyclic) bond motifs is 5. The second-order valence-corrected chi connectivity index (χ2v) is 17.4. The second kappa shape index (κ2) is 15.7. The molecule has 0 bridgehead atoms. The van der Waals surface area contributed by atoms with Crippen LogP contribution >= 0.6 is 0 Å². The Labute approximate surface area is 394 Å². The van der Waals surface area contributed by atoms with Crippen molar-refractivity contribution in [2.75, 3.05) is 0 Å².